The van der Waals surface area contributed by atoms with Crippen molar-refractivity contribution in [2.75, 3.05) is 20.6 Å². The summed E-state index contributed by atoms with van der Waals surface area (Å²) in [5.74, 6) is -0.478. The summed E-state index contributed by atoms with van der Waals surface area (Å²) in [4.78, 5) is 58.1. The van der Waals surface area contributed by atoms with E-state index in [4.69, 9.17) is 18.9 Å². The molecule has 12 nitrogen and oxygen atoms in total. The van der Waals surface area contributed by atoms with Gasteiger partial charge in [-0.3, -0.25) is 9.69 Å². The first-order valence-electron chi connectivity index (χ1n) is 16.0. The van der Waals surface area contributed by atoms with E-state index in [-0.39, 0.29) is 38.7 Å². The SMILES string of the molecule is CN(CCC[C@@H](CC(=O)OC(C)(C)C)NC(=O)OCc1ccccc1)/C(=N\C(=O)OCc1ccccc1)N(C)C(=O)OCc1ccccc1. The Labute approximate surface area is 288 Å². The van der Waals surface area contributed by atoms with Crippen molar-refractivity contribution in [3.63, 3.8) is 0 Å². The molecular weight excluding hydrogens is 628 g/mol. The summed E-state index contributed by atoms with van der Waals surface area (Å²) >= 11 is 0. The minimum absolute atomic E-state index is 0.000717. The first-order valence-corrected chi connectivity index (χ1v) is 16.0. The van der Waals surface area contributed by atoms with Crippen molar-refractivity contribution in [3.05, 3.63) is 108 Å². The molecule has 0 spiro atoms. The Hall–Kier alpha value is -5.39. The molecule has 1 N–H and O–H groups in total. The summed E-state index contributed by atoms with van der Waals surface area (Å²) in [5.41, 5.74) is 1.70. The third kappa shape index (κ3) is 14.9. The Balaban J connectivity index is 1.68. The zero-order chi connectivity index (χ0) is 35.6. The maximum atomic E-state index is 13.1. The van der Waals surface area contributed by atoms with E-state index < -0.39 is 35.9 Å². The molecule has 3 rings (SSSR count). The number of guanidine groups is 1. The smallest absolute Gasteiger partial charge is 0.437 e. The molecule has 0 unspecified atom stereocenters. The number of esters is 1. The average Bonchev–Trinajstić information content (AvgIpc) is 3.07. The molecule has 49 heavy (non-hydrogen) atoms. The third-order valence-corrected chi connectivity index (χ3v) is 6.93. The van der Waals surface area contributed by atoms with Gasteiger partial charge in [-0.25, -0.2) is 14.4 Å². The van der Waals surface area contributed by atoms with Crippen molar-refractivity contribution in [1.82, 2.24) is 15.1 Å². The van der Waals surface area contributed by atoms with Gasteiger partial charge >= 0.3 is 24.2 Å². The number of hydrogen-bond acceptors (Lipinski definition) is 8. The van der Waals surface area contributed by atoms with Gasteiger partial charge in [-0.15, -0.1) is 4.99 Å². The van der Waals surface area contributed by atoms with Crippen LogP contribution in [-0.2, 0) is 43.6 Å². The molecule has 3 aromatic rings. The highest BCUT2D eigenvalue weighted by Gasteiger charge is 2.25. The van der Waals surface area contributed by atoms with Gasteiger partial charge in [-0.2, -0.15) is 0 Å². The number of amides is 3. The van der Waals surface area contributed by atoms with Crippen LogP contribution in [0, 0.1) is 0 Å². The number of carbonyl (C=O) groups is 4. The zero-order valence-corrected chi connectivity index (χ0v) is 28.8. The second-order valence-electron chi connectivity index (χ2n) is 12.3. The van der Waals surface area contributed by atoms with Gasteiger partial charge in [-0.05, 0) is 50.3 Å². The van der Waals surface area contributed by atoms with Gasteiger partial charge < -0.3 is 29.2 Å². The molecular formula is C37H46N4O8. The summed E-state index contributed by atoms with van der Waals surface area (Å²) in [6.45, 7) is 5.68. The van der Waals surface area contributed by atoms with Crippen molar-refractivity contribution in [2.45, 2.75) is 71.5 Å². The molecule has 262 valence electrons. The number of ether oxygens (including phenoxy) is 4. The van der Waals surface area contributed by atoms with E-state index in [9.17, 15) is 19.2 Å². The Morgan fingerprint density at radius 2 is 1.22 bits per heavy atom. The van der Waals surface area contributed by atoms with Gasteiger partial charge in [0.15, 0.2) is 0 Å². The number of rotatable bonds is 13. The second kappa shape index (κ2) is 19.4. The normalized spacial score (nSPS) is 11.9. The number of carbonyl (C=O) groups excluding carboxylic acids is 4. The van der Waals surface area contributed by atoms with Crippen LogP contribution in [0.3, 0.4) is 0 Å². The van der Waals surface area contributed by atoms with Crippen LogP contribution in [0.1, 0.15) is 56.7 Å². The predicted octanol–water partition coefficient (Wildman–Crippen LogP) is 6.69. The molecule has 0 bridgehead atoms. The van der Waals surface area contributed by atoms with E-state index in [0.29, 0.717) is 12.8 Å². The van der Waals surface area contributed by atoms with Crippen LogP contribution >= 0.6 is 0 Å². The van der Waals surface area contributed by atoms with Gasteiger partial charge in [0.25, 0.3) is 0 Å². The highest BCUT2D eigenvalue weighted by atomic mass is 16.6. The van der Waals surface area contributed by atoms with Gasteiger partial charge in [0.1, 0.15) is 25.4 Å². The lowest BCUT2D eigenvalue weighted by molar-refractivity contribution is -0.155. The highest BCUT2D eigenvalue weighted by Crippen LogP contribution is 2.13. The quantitative estimate of drug-likeness (QED) is 0.0911. The minimum Gasteiger partial charge on any atom is -0.460 e. The molecule has 0 aliphatic heterocycles. The fourth-order valence-electron chi connectivity index (χ4n) is 4.56. The first-order chi connectivity index (χ1) is 23.4. The second-order valence-corrected chi connectivity index (χ2v) is 12.3. The van der Waals surface area contributed by atoms with Crippen LogP contribution in [0.25, 0.3) is 0 Å². The molecule has 0 heterocycles. The van der Waals surface area contributed by atoms with Gasteiger partial charge in [0.2, 0.25) is 5.96 Å². The van der Waals surface area contributed by atoms with Crippen molar-refractivity contribution >= 4 is 30.2 Å². The van der Waals surface area contributed by atoms with E-state index in [1.165, 1.54) is 7.05 Å². The largest absolute Gasteiger partial charge is 0.460 e. The Morgan fingerprint density at radius 1 is 0.735 bits per heavy atom. The van der Waals surface area contributed by atoms with Crippen molar-refractivity contribution in [1.29, 1.82) is 0 Å². The Morgan fingerprint density at radius 3 is 1.73 bits per heavy atom. The number of nitrogens with zero attached hydrogens (tertiary/aromatic N) is 3. The van der Waals surface area contributed by atoms with Crippen LogP contribution in [0.4, 0.5) is 14.4 Å². The third-order valence-electron chi connectivity index (χ3n) is 6.93. The summed E-state index contributed by atoms with van der Waals surface area (Å²) in [6, 6.07) is 27.0. The number of aliphatic imine (C=N–C) groups is 1. The molecule has 0 aliphatic carbocycles. The van der Waals surface area contributed by atoms with Crippen molar-refractivity contribution in [2.24, 2.45) is 4.99 Å². The first kappa shape index (κ1) is 38.1. The lowest BCUT2D eigenvalue weighted by Crippen LogP contribution is -2.45. The lowest BCUT2D eigenvalue weighted by Gasteiger charge is -2.28. The average molecular weight is 675 g/mol. The molecule has 0 saturated carbocycles. The summed E-state index contributed by atoms with van der Waals surface area (Å²) in [7, 11) is 3.11. The molecule has 0 saturated heterocycles. The van der Waals surface area contributed by atoms with E-state index in [1.807, 2.05) is 91.0 Å². The highest BCUT2D eigenvalue weighted by molar-refractivity contribution is 5.98. The molecule has 0 aliphatic rings. The van der Waals surface area contributed by atoms with Crippen LogP contribution in [0.5, 0.6) is 0 Å². The van der Waals surface area contributed by atoms with Crippen LogP contribution in [0.15, 0.2) is 96.0 Å². The molecule has 0 radical (unpaired) electrons. The van der Waals surface area contributed by atoms with E-state index in [1.54, 1.807) is 32.7 Å². The van der Waals surface area contributed by atoms with E-state index >= 15 is 0 Å². The lowest BCUT2D eigenvalue weighted by atomic mass is 10.1. The van der Waals surface area contributed by atoms with E-state index in [0.717, 1.165) is 21.6 Å². The van der Waals surface area contributed by atoms with E-state index in [2.05, 4.69) is 10.3 Å². The fourth-order valence-corrected chi connectivity index (χ4v) is 4.56. The minimum atomic E-state index is -0.890. The Kier molecular flexibility index (Phi) is 15.1. The van der Waals surface area contributed by atoms with Crippen molar-refractivity contribution in [3.8, 4) is 0 Å². The molecule has 12 heteroatoms. The topological polar surface area (TPSA) is 136 Å². The molecule has 1 atom stereocenters. The van der Waals surface area contributed by atoms with Gasteiger partial charge in [0, 0.05) is 26.7 Å². The van der Waals surface area contributed by atoms with Crippen molar-refractivity contribution < 1.29 is 38.1 Å². The summed E-state index contributed by atoms with van der Waals surface area (Å²) in [6.07, 6.45) is -1.60. The standard InChI is InChI=1S/C37H46N4O8/c1-37(2,3)49-32(42)24-31(38-34(43)46-25-28-16-9-6-10-17-28)22-15-23-40(4)33(39-35(44)47-26-29-18-11-7-12-19-29)41(5)36(45)48-27-30-20-13-8-14-21-30/h6-14,16-21,31H,15,22-27H2,1-5H3,(H,38,43)/b39-33+/t31-/m0/s1. The van der Waals surface area contributed by atoms with Gasteiger partial charge in [-0.1, -0.05) is 91.0 Å². The van der Waals surface area contributed by atoms with Crippen LogP contribution in [-0.4, -0.2) is 72.3 Å². The fraction of sp³-hybridized carbons (Fsp3) is 0.378. The maximum absolute atomic E-state index is 13.1. The predicted molar refractivity (Wildman–Crippen MR) is 184 cm³/mol. The molecule has 3 aromatic carbocycles. The summed E-state index contributed by atoms with van der Waals surface area (Å²) in [5, 5.41) is 2.78. The molecule has 0 fully saturated rings. The number of alkyl carbamates (subject to hydrolysis) is 1. The number of hydrogen-bond donors (Lipinski definition) is 1. The molecule has 3 amide bonds. The zero-order valence-electron chi connectivity index (χ0n) is 28.8. The number of nitrogens with one attached hydrogen (secondary N) is 1. The van der Waals surface area contributed by atoms with Crippen LogP contribution in [0.2, 0.25) is 0 Å². The Bertz CT molecular complexity index is 1510. The maximum Gasteiger partial charge on any atom is 0.437 e. The number of benzene rings is 3. The molecule has 0 aromatic heterocycles. The van der Waals surface area contributed by atoms with Gasteiger partial charge in [0.05, 0.1) is 6.42 Å². The van der Waals surface area contributed by atoms with Crippen LogP contribution < -0.4 is 5.32 Å². The monoisotopic (exact) mass is 674 g/mol. The summed E-state index contributed by atoms with van der Waals surface area (Å²) < 4.78 is 21.7.